The molecule has 0 saturated heterocycles. The summed E-state index contributed by atoms with van der Waals surface area (Å²) >= 11 is 1.93. The summed E-state index contributed by atoms with van der Waals surface area (Å²) in [4.78, 5) is 1.33. The average Bonchev–Trinajstić information content (AvgIpc) is 2.47. The number of allylic oxidation sites excluding steroid dienone is 5. The number of benzene rings is 1. The van der Waals surface area contributed by atoms with Crippen molar-refractivity contribution in [2.24, 2.45) is 5.92 Å². The van der Waals surface area contributed by atoms with Crippen molar-refractivity contribution in [1.29, 1.82) is 0 Å². The van der Waals surface area contributed by atoms with E-state index in [-0.39, 0.29) is 0 Å². The molecule has 0 aromatic heterocycles. The van der Waals surface area contributed by atoms with Crippen LogP contribution in [0, 0.1) is 5.92 Å². The van der Waals surface area contributed by atoms with Crippen LogP contribution in [-0.4, -0.2) is 5.25 Å². The van der Waals surface area contributed by atoms with Crippen molar-refractivity contribution in [3.63, 3.8) is 0 Å². The number of hydrogen-bond donors (Lipinski definition) is 0. The summed E-state index contributed by atoms with van der Waals surface area (Å²) in [5.74, 6) is 0.533. The van der Waals surface area contributed by atoms with Gasteiger partial charge in [0.25, 0.3) is 0 Å². The molecular weight excluding hydrogens is 248 g/mol. The maximum atomic E-state index is 3.95. The molecule has 0 spiro atoms. The van der Waals surface area contributed by atoms with Gasteiger partial charge in [-0.2, -0.15) is 0 Å². The lowest BCUT2D eigenvalue weighted by Crippen LogP contribution is -2.19. The van der Waals surface area contributed by atoms with Crippen molar-refractivity contribution in [3.05, 3.63) is 79.4 Å². The summed E-state index contributed by atoms with van der Waals surface area (Å²) in [5, 5.41) is 0.486. The molecule has 1 aliphatic rings. The minimum Gasteiger partial charge on any atom is -0.118 e. The summed E-state index contributed by atoms with van der Waals surface area (Å²) in [6.07, 6.45) is 12.9. The van der Waals surface area contributed by atoms with Gasteiger partial charge >= 0.3 is 0 Å². The first-order chi connectivity index (χ1) is 9.35. The first kappa shape index (κ1) is 14.0. The lowest BCUT2D eigenvalue weighted by atomic mass is 9.86. The molecule has 98 valence electrons. The second kappa shape index (κ2) is 7.20. The normalized spacial score (nSPS) is 23.1. The maximum absolute atomic E-state index is 3.95. The molecular formula is C18H20S. The molecule has 0 aliphatic heterocycles. The molecule has 0 N–H and O–H groups in total. The zero-order chi connectivity index (χ0) is 13.5. The second-order valence-corrected chi connectivity index (χ2v) is 5.87. The van der Waals surface area contributed by atoms with E-state index in [1.807, 2.05) is 23.9 Å². The van der Waals surface area contributed by atoms with Crippen molar-refractivity contribution >= 4 is 11.8 Å². The van der Waals surface area contributed by atoms with E-state index in [1.165, 1.54) is 16.9 Å². The zero-order valence-electron chi connectivity index (χ0n) is 11.2. The van der Waals surface area contributed by atoms with Gasteiger partial charge in [-0.1, -0.05) is 61.7 Å². The molecule has 0 amide bonds. The van der Waals surface area contributed by atoms with Crippen LogP contribution in [0.4, 0.5) is 0 Å². The summed E-state index contributed by atoms with van der Waals surface area (Å²) in [5.41, 5.74) is 1.30. The third-order valence-corrected chi connectivity index (χ3v) is 4.66. The fraction of sp³-hybridized carbons (Fsp3) is 0.222. The maximum Gasteiger partial charge on any atom is 0.0343 e. The molecule has 0 saturated carbocycles. The van der Waals surface area contributed by atoms with Crippen LogP contribution in [0.2, 0.25) is 0 Å². The molecule has 0 radical (unpaired) electrons. The molecule has 0 fully saturated rings. The Hall–Kier alpha value is -1.47. The highest BCUT2D eigenvalue weighted by atomic mass is 32.2. The molecule has 2 atom stereocenters. The van der Waals surface area contributed by atoms with Crippen LogP contribution in [0.5, 0.6) is 0 Å². The first-order valence-corrected chi connectivity index (χ1v) is 7.56. The fourth-order valence-electron chi connectivity index (χ4n) is 2.42. The van der Waals surface area contributed by atoms with Crippen LogP contribution >= 0.6 is 11.8 Å². The van der Waals surface area contributed by atoms with Crippen LogP contribution in [-0.2, 0) is 0 Å². The lowest BCUT2D eigenvalue weighted by Gasteiger charge is -2.28. The molecule has 2 unspecified atom stereocenters. The van der Waals surface area contributed by atoms with E-state index in [1.54, 1.807) is 0 Å². The Morgan fingerprint density at radius 3 is 2.68 bits per heavy atom. The molecule has 0 bridgehead atoms. The van der Waals surface area contributed by atoms with Gasteiger partial charge in [-0.3, -0.25) is 0 Å². The van der Waals surface area contributed by atoms with Crippen molar-refractivity contribution in [3.8, 4) is 0 Å². The van der Waals surface area contributed by atoms with E-state index in [4.69, 9.17) is 0 Å². The van der Waals surface area contributed by atoms with E-state index in [0.29, 0.717) is 11.2 Å². The summed E-state index contributed by atoms with van der Waals surface area (Å²) in [6.45, 7) is 7.75. The Morgan fingerprint density at radius 1 is 1.21 bits per heavy atom. The van der Waals surface area contributed by atoms with Crippen LogP contribution < -0.4 is 0 Å². The third kappa shape index (κ3) is 3.74. The SMILES string of the molecule is C=C/C=C(\C=C)C1CCC=CC1Sc1ccccc1. The van der Waals surface area contributed by atoms with Crippen molar-refractivity contribution in [2.75, 3.05) is 0 Å². The summed E-state index contributed by atoms with van der Waals surface area (Å²) < 4.78 is 0. The smallest absolute Gasteiger partial charge is 0.0343 e. The second-order valence-electron chi connectivity index (χ2n) is 4.61. The van der Waals surface area contributed by atoms with Gasteiger partial charge < -0.3 is 0 Å². The molecule has 1 aromatic carbocycles. The van der Waals surface area contributed by atoms with Gasteiger partial charge in [0.15, 0.2) is 0 Å². The predicted molar refractivity (Wildman–Crippen MR) is 86.4 cm³/mol. The molecule has 0 nitrogen and oxygen atoms in total. The van der Waals surface area contributed by atoms with Crippen LogP contribution in [0.15, 0.2) is 84.3 Å². The molecule has 1 aliphatic carbocycles. The Balaban J connectivity index is 2.18. The predicted octanol–water partition coefficient (Wildman–Crippen LogP) is 5.41. The number of hydrogen-bond acceptors (Lipinski definition) is 1. The average molecular weight is 268 g/mol. The highest BCUT2D eigenvalue weighted by molar-refractivity contribution is 8.00. The van der Waals surface area contributed by atoms with Gasteiger partial charge in [0.05, 0.1) is 0 Å². The van der Waals surface area contributed by atoms with E-state index in [9.17, 15) is 0 Å². The van der Waals surface area contributed by atoms with Gasteiger partial charge in [0.2, 0.25) is 0 Å². The Labute approximate surface area is 120 Å². The van der Waals surface area contributed by atoms with E-state index < -0.39 is 0 Å². The Morgan fingerprint density at radius 2 is 2.00 bits per heavy atom. The van der Waals surface area contributed by atoms with Gasteiger partial charge in [-0.25, -0.2) is 0 Å². The third-order valence-electron chi connectivity index (χ3n) is 3.36. The van der Waals surface area contributed by atoms with Crippen LogP contribution in [0.3, 0.4) is 0 Å². The van der Waals surface area contributed by atoms with Crippen molar-refractivity contribution in [1.82, 2.24) is 0 Å². The highest BCUT2D eigenvalue weighted by Crippen LogP contribution is 2.38. The van der Waals surface area contributed by atoms with E-state index in [0.717, 1.165) is 6.42 Å². The largest absolute Gasteiger partial charge is 0.118 e. The minimum atomic E-state index is 0.486. The minimum absolute atomic E-state index is 0.486. The molecule has 1 aromatic rings. The quantitative estimate of drug-likeness (QED) is 0.508. The number of thioether (sulfide) groups is 1. The first-order valence-electron chi connectivity index (χ1n) is 6.68. The Bertz CT molecular complexity index is 482. The van der Waals surface area contributed by atoms with Crippen LogP contribution in [0.25, 0.3) is 0 Å². The van der Waals surface area contributed by atoms with Crippen molar-refractivity contribution in [2.45, 2.75) is 23.0 Å². The van der Waals surface area contributed by atoms with Gasteiger partial charge in [-0.05, 0) is 36.5 Å². The van der Waals surface area contributed by atoms with E-state index in [2.05, 4.69) is 61.7 Å². The summed E-state index contributed by atoms with van der Waals surface area (Å²) in [6, 6.07) is 10.6. The topological polar surface area (TPSA) is 0 Å². The highest BCUT2D eigenvalue weighted by Gasteiger charge is 2.24. The molecule has 1 heteroatoms. The Kier molecular flexibility index (Phi) is 5.29. The lowest BCUT2D eigenvalue weighted by molar-refractivity contribution is 0.575. The van der Waals surface area contributed by atoms with Gasteiger partial charge in [0, 0.05) is 10.1 Å². The van der Waals surface area contributed by atoms with Gasteiger partial charge in [0.1, 0.15) is 0 Å². The molecule has 0 heterocycles. The standard InChI is InChI=1S/C18H20S/c1-3-10-15(4-2)17-13-8-9-14-18(17)19-16-11-6-5-7-12-16/h3-7,9-12,14,17-18H,1-2,8,13H2/b15-10+. The fourth-order valence-corrected chi connectivity index (χ4v) is 3.69. The molecule has 2 rings (SSSR count). The zero-order valence-corrected chi connectivity index (χ0v) is 12.0. The monoisotopic (exact) mass is 268 g/mol. The van der Waals surface area contributed by atoms with Crippen LogP contribution in [0.1, 0.15) is 12.8 Å². The molecule has 19 heavy (non-hydrogen) atoms. The summed E-state index contributed by atoms with van der Waals surface area (Å²) in [7, 11) is 0. The number of rotatable bonds is 5. The van der Waals surface area contributed by atoms with Gasteiger partial charge in [-0.15, -0.1) is 11.8 Å². The van der Waals surface area contributed by atoms with E-state index >= 15 is 0 Å². The van der Waals surface area contributed by atoms with Crippen molar-refractivity contribution < 1.29 is 0 Å².